The van der Waals surface area contributed by atoms with Crippen molar-refractivity contribution in [1.29, 1.82) is 0 Å². The van der Waals surface area contributed by atoms with Gasteiger partial charge in [-0.2, -0.15) is 0 Å². The highest BCUT2D eigenvalue weighted by Crippen LogP contribution is 2.18. The number of nitrogen functional groups attached to an aromatic ring is 1. The average molecular weight is 267 g/mol. The van der Waals surface area contributed by atoms with E-state index in [9.17, 15) is 0 Å². The standard InChI is InChI=1S/C12H21N5O2/c1-17(7-9-4-3-5-19-9)12-6-10(16-13)14-11(15-12)8-18-2/h6,9H,3-5,7-8,13H2,1-2H3,(H,14,15,16). The summed E-state index contributed by atoms with van der Waals surface area (Å²) in [4.78, 5) is 10.7. The fourth-order valence-electron chi connectivity index (χ4n) is 2.13. The Morgan fingerprint density at radius 3 is 3.05 bits per heavy atom. The van der Waals surface area contributed by atoms with Gasteiger partial charge in [-0.3, -0.25) is 0 Å². The maximum absolute atomic E-state index is 5.63. The molecule has 0 amide bonds. The zero-order chi connectivity index (χ0) is 13.7. The van der Waals surface area contributed by atoms with Crippen molar-refractivity contribution in [3.8, 4) is 0 Å². The van der Waals surface area contributed by atoms with Crippen molar-refractivity contribution in [2.45, 2.75) is 25.6 Å². The number of likely N-dealkylation sites (N-methyl/N-ethyl adjacent to an activating group) is 1. The van der Waals surface area contributed by atoms with Gasteiger partial charge in [-0.15, -0.1) is 0 Å². The van der Waals surface area contributed by atoms with Gasteiger partial charge in [-0.25, -0.2) is 15.8 Å². The molecule has 1 aliphatic rings. The molecule has 1 aliphatic heterocycles. The van der Waals surface area contributed by atoms with Crippen molar-refractivity contribution in [3.05, 3.63) is 11.9 Å². The van der Waals surface area contributed by atoms with Gasteiger partial charge in [0.15, 0.2) is 5.82 Å². The Kier molecular flexibility index (Phi) is 4.89. The van der Waals surface area contributed by atoms with E-state index in [1.807, 2.05) is 13.1 Å². The molecule has 1 atom stereocenters. The van der Waals surface area contributed by atoms with Crippen molar-refractivity contribution in [3.63, 3.8) is 0 Å². The lowest BCUT2D eigenvalue weighted by molar-refractivity contribution is 0.116. The Labute approximate surface area is 113 Å². The largest absolute Gasteiger partial charge is 0.377 e. The van der Waals surface area contributed by atoms with E-state index in [4.69, 9.17) is 15.3 Å². The van der Waals surface area contributed by atoms with Crippen LogP contribution < -0.4 is 16.2 Å². The van der Waals surface area contributed by atoms with Crippen LogP contribution in [0.5, 0.6) is 0 Å². The molecule has 7 heteroatoms. The fraction of sp³-hybridized carbons (Fsp3) is 0.667. The molecule has 1 aromatic rings. The minimum Gasteiger partial charge on any atom is -0.377 e. The molecule has 1 unspecified atom stereocenters. The lowest BCUT2D eigenvalue weighted by atomic mass is 10.2. The molecule has 1 fully saturated rings. The molecule has 1 aromatic heterocycles. The van der Waals surface area contributed by atoms with Crippen LogP contribution in [0.4, 0.5) is 11.6 Å². The van der Waals surface area contributed by atoms with Gasteiger partial charge in [-0.05, 0) is 12.8 Å². The predicted molar refractivity (Wildman–Crippen MR) is 72.8 cm³/mol. The second-order valence-electron chi connectivity index (χ2n) is 4.62. The molecule has 106 valence electrons. The molecular formula is C12H21N5O2. The van der Waals surface area contributed by atoms with Crippen LogP contribution in [0.1, 0.15) is 18.7 Å². The number of hydrazine groups is 1. The van der Waals surface area contributed by atoms with Crippen molar-refractivity contribution in [1.82, 2.24) is 9.97 Å². The van der Waals surface area contributed by atoms with Crippen molar-refractivity contribution < 1.29 is 9.47 Å². The quantitative estimate of drug-likeness (QED) is 0.574. The average Bonchev–Trinajstić information content (AvgIpc) is 2.91. The second kappa shape index (κ2) is 6.65. The van der Waals surface area contributed by atoms with Crippen LogP contribution in [0.3, 0.4) is 0 Å². The molecule has 0 aromatic carbocycles. The first-order valence-corrected chi connectivity index (χ1v) is 6.39. The molecule has 7 nitrogen and oxygen atoms in total. The van der Waals surface area contributed by atoms with Gasteiger partial charge in [-0.1, -0.05) is 0 Å². The summed E-state index contributed by atoms with van der Waals surface area (Å²) in [5, 5.41) is 0. The van der Waals surface area contributed by atoms with E-state index in [-0.39, 0.29) is 6.10 Å². The number of rotatable bonds is 6. The highest BCUT2D eigenvalue weighted by molar-refractivity contribution is 5.48. The Morgan fingerprint density at radius 1 is 1.58 bits per heavy atom. The monoisotopic (exact) mass is 267 g/mol. The van der Waals surface area contributed by atoms with Gasteiger partial charge in [0.2, 0.25) is 0 Å². The SMILES string of the molecule is COCc1nc(NN)cc(N(C)CC2CCCO2)n1. The van der Waals surface area contributed by atoms with E-state index in [1.54, 1.807) is 7.11 Å². The summed E-state index contributed by atoms with van der Waals surface area (Å²) in [7, 11) is 3.60. The number of nitrogens with one attached hydrogen (secondary N) is 1. The second-order valence-corrected chi connectivity index (χ2v) is 4.62. The van der Waals surface area contributed by atoms with E-state index >= 15 is 0 Å². The number of ether oxygens (including phenoxy) is 2. The fourth-order valence-corrected chi connectivity index (χ4v) is 2.13. The molecule has 0 saturated carbocycles. The van der Waals surface area contributed by atoms with Crippen LogP contribution in [0.15, 0.2) is 6.07 Å². The highest BCUT2D eigenvalue weighted by atomic mass is 16.5. The first-order chi connectivity index (χ1) is 9.22. The van der Waals surface area contributed by atoms with Gasteiger partial charge < -0.3 is 19.8 Å². The number of hydrogen-bond acceptors (Lipinski definition) is 7. The van der Waals surface area contributed by atoms with Crippen molar-refractivity contribution in [2.75, 3.05) is 37.6 Å². The van der Waals surface area contributed by atoms with E-state index in [1.165, 1.54) is 0 Å². The van der Waals surface area contributed by atoms with E-state index < -0.39 is 0 Å². The number of anilines is 2. The van der Waals surface area contributed by atoms with Gasteiger partial charge in [0, 0.05) is 33.4 Å². The smallest absolute Gasteiger partial charge is 0.158 e. The summed E-state index contributed by atoms with van der Waals surface area (Å²) in [5.74, 6) is 7.42. The van der Waals surface area contributed by atoms with Crippen LogP contribution in [0.2, 0.25) is 0 Å². The van der Waals surface area contributed by atoms with Crippen molar-refractivity contribution >= 4 is 11.6 Å². The van der Waals surface area contributed by atoms with Crippen LogP contribution in [0.25, 0.3) is 0 Å². The summed E-state index contributed by atoms with van der Waals surface area (Å²) in [6.07, 6.45) is 2.51. The third kappa shape index (κ3) is 3.76. The van der Waals surface area contributed by atoms with Gasteiger partial charge in [0.25, 0.3) is 0 Å². The van der Waals surface area contributed by atoms with Crippen LogP contribution in [0, 0.1) is 0 Å². The molecule has 3 N–H and O–H groups in total. The zero-order valence-electron chi connectivity index (χ0n) is 11.4. The molecule has 1 saturated heterocycles. The number of hydrogen-bond donors (Lipinski definition) is 2. The lowest BCUT2D eigenvalue weighted by Gasteiger charge is -2.22. The minimum atomic E-state index is 0.278. The third-order valence-corrected chi connectivity index (χ3v) is 3.07. The molecule has 0 aliphatic carbocycles. The maximum atomic E-state index is 5.63. The number of methoxy groups -OCH3 is 1. The predicted octanol–water partition coefficient (Wildman–Crippen LogP) is 0.524. The van der Waals surface area contributed by atoms with Crippen LogP contribution in [-0.2, 0) is 16.1 Å². The Morgan fingerprint density at radius 2 is 2.42 bits per heavy atom. The summed E-state index contributed by atoms with van der Waals surface area (Å²) in [5.41, 5.74) is 2.55. The van der Waals surface area contributed by atoms with Crippen LogP contribution >= 0.6 is 0 Å². The van der Waals surface area contributed by atoms with Gasteiger partial charge in [0.1, 0.15) is 18.2 Å². The normalized spacial score (nSPS) is 18.6. The molecule has 2 heterocycles. The van der Waals surface area contributed by atoms with Crippen molar-refractivity contribution in [2.24, 2.45) is 5.84 Å². The molecule has 0 spiro atoms. The van der Waals surface area contributed by atoms with Gasteiger partial charge in [0.05, 0.1) is 6.10 Å². The maximum Gasteiger partial charge on any atom is 0.158 e. The van der Waals surface area contributed by atoms with E-state index in [0.717, 1.165) is 31.8 Å². The lowest BCUT2D eigenvalue weighted by Crippen LogP contribution is -2.29. The highest BCUT2D eigenvalue weighted by Gasteiger charge is 2.18. The van der Waals surface area contributed by atoms with Gasteiger partial charge >= 0.3 is 0 Å². The Hall–Kier alpha value is -1.44. The number of nitrogens with two attached hydrogens (primary N) is 1. The Bertz CT molecular complexity index is 409. The Balaban J connectivity index is 2.09. The topological polar surface area (TPSA) is 85.5 Å². The third-order valence-electron chi connectivity index (χ3n) is 3.07. The summed E-state index contributed by atoms with van der Waals surface area (Å²) < 4.78 is 10.7. The number of nitrogens with zero attached hydrogens (tertiary/aromatic N) is 3. The zero-order valence-corrected chi connectivity index (χ0v) is 11.4. The summed E-state index contributed by atoms with van der Waals surface area (Å²) in [6.45, 7) is 2.02. The molecule has 0 radical (unpaired) electrons. The minimum absolute atomic E-state index is 0.278. The molecule has 19 heavy (non-hydrogen) atoms. The van der Waals surface area contributed by atoms with E-state index in [2.05, 4.69) is 20.3 Å². The first kappa shape index (κ1) is 14.0. The summed E-state index contributed by atoms with van der Waals surface area (Å²) >= 11 is 0. The summed E-state index contributed by atoms with van der Waals surface area (Å²) in [6, 6.07) is 1.81. The van der Waals surface area contributed by atoms with E-state index in [0.29, 0.717) is 18.2 Å². The number of aromatic nitrogens is 2. The van der Waals surface area contributed by atoms with Crippen LogP contribution in [-0.4, -0.2) is 43.4 Å². The molecule has 2 rings (SSSR count). The molecular weight excluding hydrogens is 246 g/mol. The first-order valence-electron chi connectivity index (χ1n) is 6.39. The molecule has 0 bridgehead atoms.